The number of nitrogens with zero attached hydrogens (tertiary/aromatic N) is 1. The van der Waals surface area contributed by atoms with E-state index in [1.807, 2.05) is 13.0 Å². The summed E-state index contributed by atoms with van der Waals surface area (Å²) in [4.78, 5) is 0.376. The Balaban J connectivity index is 2.88. The molecule has 1 rings (SSSR count). The molecule has 0 aliphatic heterocycles. The number of hydrogen-bond acceptors (Lipinski definition) is 3. The van der Waals surface area contributed by atoms with E-state index in [1.165, 1.54) is 4.31 Å². The number of sulfonamides is 1. The molecule has 1 N–H and O–H groups in total. The fourth-order valence-electron chi connectivity index (χ4n) is 1.77. The Bertz CT molecular complexity index is 486. The fourth-order valence-corrected chi connectivity index (χ4v) is 3.05. The smallest absolute Gasteiger partial charge is 0.242 e. The van der Waals surface area contributed by atoms with E-state index >= 15 is 0 Å². The summed E-state index contributed by atoms with van der Waals surface area (Å²) in [6.07, 6.45) is 1.87. The van der Waals surface area contributed by atoms with Gasteiger partial charge in [0.2, 0.25) is 10.0 Å². The normalized spacial score (nSPS) is 12.0. The van der Waals surface area contributed by atoms with Crippen LogP contribution in [0.1, 0.15) is 32.3 Å². The summed E-state index contributed by atoms with van der Waals surface area (Å²) in [5, 5.41) is 3.20. The van der Waals surface area contributed by atoms with Gasteiger partial charge in [0.1, 0.15) is 0 Å². The SMILES string of the molecule is CCCCN(C)S(=O)(=O)c1cccc(CNCC)c1. The van der Waals surface area contributed by atoms with E-state index in [4.69, 9.17) is 0 Å². The molecule has 0 bridgehead atoms. The highest BCUT2D eigenvalue weighted by atomic mass is 32.2. The first kappa shape index (κ1) is 16.1. The van der Waals surface area contributed by atoms with Crippen LogP contribution in [0.15, 0.2) is 29.2 Å². The highest BCUT2D eigenvalue weighted by Gasteiger charge is 2.20. The largest absolute Gasteiger partial charge is 0.313 e. The van der Waals surface area contributed by atoms with Crippen molar-refractivity contribution in [3.63, 3.8) is 0 Å². The third-order valence-electron chi connectivity index (χ3n) is 3.01. The lowest BCUT2D eigenvalue weighted by Crippen LogP contribution is -2.28. The van der Waals surface area contributed by atoms with Gasteiger partial charge in [-0.25, -0.2) is 12.7 Å². The molecule has 19 heavy (non-hydrogen) atoms. The molecule has 0 atom stereocenters. The molecule has 0 radical (unpaired) electrons. The molecule has 5 heteroatoms. The van der Waals surface area contributed by atoms with Gasteiger partial charge in [-0.05, 0) is 30.7 Å². The van der Waals surface area contributed by atoms with Crippen molar-refractivity contribution in [3.8, 4) is 0 Å². The quantitative estimate of drug-likeness (QED) is 0.796. The maximum atomic E-state index is 12.4. The van der Waals surface area contributed by atoms with Crippen LogP contribution >= 0.6 is 0 Å². The van der Waals surface area contributed by atoms with Crippen LogP contribution in [0.3, 0.4) is 0 Å². The molecule has 4 nitrogen and oxygen atoms in total. The van der Waals surface area contributed by atoms with E-state index in [0.29, 0.717) is 18.0 Å². The Kier molecular flexibility index (Phi) is 6.48. The van der Waals surface area contributed by atoms with Crippen LogP contribution in [-0.2, 0) is 16.6 Å². The zero-order valence-corrected chi connectivity index (χ0v) is 12.8. The van der Waals surface area contributed by atoms with Crippen molar-refractivity contribution >= 4 is 10.0 Å². The first-order valence-electron chi connectivity index (χ1n) is 6.78. The highest BCUT2D eigenvalue weighted by molar-refractivity contribution is 7.89. The average molecular weight is 284 g/mol. The summed E-state index contributed by atoms with van der Waals surface area (Å²) in [5.41, 5.74) is 0.992. The third kappa shape index (κ3) is 4.60. The molecule has 0 aromatic heterocycles. The Hall–Kier alpha value is -0.910. The molecule has 0 aliphatic carbocycles. The van der Waals surface area contributed by atoms with Crippen LogP contribution in [0.4, 0.5) is 0 Å². The van der Waals surface area contributed by atoms with Crippen LogP contribution in [-0.4, -0.2) is 32.9 Å². The van der Waals surface area contributed by atoms with Crippen LogP contribution in [0.2, 0.25) is 0 Å². The molecule has 0 saturated carbocycles. The predicted molar refractivity (Wildman–Crippen MR) is 78.5 cm³/mol. The van der Waals surface area contributed by atoms with Crippen molar-refractivity contribution in [2.45, 2.75) is 38.1 Å². The molecule has 0 saturated heterocycles. The Morgan fingerprint density at radius 3 is 2.63 bits per heavy atom. The average Bonchev–Trinajstić information content (AvgIpc) is 2.42. The first-order valence-corrected chi connectivity index (χ1v) is 8.22. The van der Waals surface area contributed by atoms with Gasteiger partial charge in [0.05, 0.1) is 4.90 Å². The fraction of sp³-hybridized carbons (Fsp3) is 0.571. The van der Waals surface area contributed by atoms with Gasteiger partial charge in [0.25, 0.3) is 0 Å². The molecular formula is C14H24N2O2S. The topological polar surface area (TPSA) is 49.4 Å². The van der Waals surface area contributed by atoms with Crippen molar-refractivity contribution in [1.82, 2.24) is 9.62 Å². The predicted octanol–water partition coefficient (Wildman–Crippen LogP) is 2.22. The maximum absolute atomic E-state index is 12.4. The van der Waals surface area contributed by atoms with Crippen LogP contribution in [0, 0.1) is 0 Å². The molecule has 1 aromatic rings. The van der Waals surface area contributed by atoms with Gasteiger partial charge in [-0.3, -0.25) is 0 Å². The van der Waals surface area contributed by atoms with Crippen molar-refractivity contribution < 1.29 is 8.42 Å². The summed E-state index contributed by atoms with van der Waals surface area (Å²) >= 11 is 0. The third-order valence-corrected chi connectivity index (χ3v) is 4.87. The number of rotatable bonds is 8. The highest BCUT2D eigenvalue weighted by Crippen LogP contribution is 2.16. The van der Waals surface area contributed by atoms with Crippen LogP contribution < -0.4 is 5.32 Å². The van der Waals surface area contributed by atoms with Crippen molar-refractivity contribution in [2.24, 2.45) is 0 Å². The van der Waals surface area contributed by atoms with E-state index < -0.39 is 10.0 Å². The van der Waals surface area contributed by atoms with Gasteiger partial charge in [0.15, 0.2) is 0 Å². The lowest BCUT2D eigenvalue weighted by Gasteiger charge is -2.17. The lowest BCUT2D eigenvalue weighted by atomic mass is 10.2. The van der Waals surface area contributed by atoms with E-state index in [2.05, 4.69) is 12.2 Å². The van der Waals surface area contributed by atoms with Gasteiger partial charge in [-0.2, -0.15) is 0 Å². The number of hydrogen-bond donors (Lipinski definition) is 1. The zero-order chi connectivity index (χ0) is 14.3. The molecule has 108 valence electrons. The second-order valence-corrected chi connectivity index (χ2v) is 6.65. The number of nitrogens with one attached hydrogen (secondary N) is 1. The Labute approximate surface area is 116 Å². The second-order valence-electron chi connectivity index (χ2n) is 4.61. The Morgan fingerprint density at radius 2 is 2.00 bits per heavy atom. The summed E-state index contributed by atoms with van der Waals surface area (Å²) in [5.74, 6) is 0. The first-order chi connectivity index (χ1) is 9.02. The molecule has 0 fully saturated rings. The Morgan fingerprint density at radius 1 is 1.26 bits per heavy atom. The van der Waals surface area contributed by atoms with E-state index in [9.17, 15) is 8.42 Å². The zero-order valence-electron chi connectivity index (χ0n) is 12.0. The van der Waals surface area contributed by atoms with Crippen LogP contribution in [0.5, 0.6) is 0 Å². The van der Waals surface area contributed by atoms with Gasteiger partial charge >= 0.3 is 0 Å². The van der Waals surface area contributed by atoms with Gasteiger partial charge in [0, 0.05) is 20.1 Å². The monoisotopic (exact) mass is 284 g/mol. The molecule has 0 aliphatic rings. The molecular weight excluding hydrogens is 260 g/mol. The molecule has 0 unspecified atom stereocenters. The standard InChI is InChI=1S/C14H24N2O2S/c1-4-6-10-16(3)19(17,18)14-9-7-8-13(11-14)12-15-5-2/h7-9,11,15H,4-6,10,12H2,1-3H3. The van der Waals surface area contributed by atoms with Gasteiger partial charge in [-0.1, -0.05) is 32.4 Å². The number of unbranched alkanes of at least 4 members (excludes halogenated alkanes) is 1. The summed E-state index contributed by atoms with van der Waals surface area (Å²) in [6.45, 7) is 6.21. The number of benzene rings is 1. The summed E-state index contributed by atoms with van der Waals surface area (Å²) in [7, 11) is -1.71. The minimum atomic E-state index is -3.35. The van der Waals surface area contributed by atoms with Gasteiger partial charge in [-0.15, -0.1) is 0 Å². The maximum Gasteiger partial charge on any atom is 0.242 e. The lowest BCUT2D eigenvalue weighted by molar-refractivity contribution is 0.459. The molecule has 1 aromatic carbocycles. The summed E-state index contributed by atoms with van der Waals surface area (Å²) < 4.78 is 26.2. The minimum Gasteiger partial charge on any atom is -0.313 e. The van der Waals surface area contributed by atoms with Crippen molar-refractivity contribution in [2.75, 3.05) is 20.1 Å². The van der Waals surface area contributed by atoms with Crippen molar-refractivity contribution in [1.29, 1.82) is 0 Å². The van der Waals surface area contributed by atoms with E-state index in [1.54, 1.807) is 25.2 Å². The minimum absolute atomic E-state index is 0.376. The van der Waals surface area contributed by atoms with E-state index in [0.717, 1.165) is 24.9 Å². The molecule has 0 amide bonds. The van der Waals surface area contributed by atoms with E-state index in [-0.39, 0.29) is 0 Å². The molecule has 0 spiro atoms. The van der Waals surface area contributed by atoms with Crippen LogP contribution in [0.25, 0.3) is 0 Å². The second kappa shape index (κ2) is 7.62. The molecule has 0 heterocycles. The van der Waals surface area contributed by atoms with Gasteiger partial charge < -0.3 is 5.32 Å². The summed E-state index contributed by atoms with van der Waals surface area (Å²) in [6, 6.07) is 7.15. The van der Waals surface area contributed by atoms with Crippen molar-refractivity contribution in [3.05, 3.63) is 29.8 Å².